The summed E-state index contributed by atoms with van der Waals surface area (Å²) in [5.74, 6) is 0. The Kier molecular flexibility index (Phi) is 3.97. The number of aryl methyl sites for hydroxylation is 1. The molecule has 0 aliphatic heterocycles. The van der Waals surface area contributed by atoms with E-state index in [-0.39, 0.29) is 0 Å². The standard InChI is InChI=1S/C11H9Cl.C2H6/c1-8-4-2-6-10-9(8)5-3-7-11(10)12;1-2/h2-7H,1H3;1-2H3. The van der Waals surface area contributed by atoms with Gasteiger partial charge in [-0.25, -0.2) is 0 Å². The third-order valence-corrected chi connectivity index (χ3v) is 2.42. The largest absolute Gasteiger partial charge is 0.0837 e. The molecule has 0 spiro atoms. The molecule has 0 fully saturated rings. The van der Waals surface area contributed by atoms with Crippen molar-refractivity contribution in [2.24, 2.45) is 0 Å². The number of rotatable bonds is 0. The molecule has 0 saturated carbocycles. The molecule has 0 aliphatic rings. The molecule has 0 N–H and O–H groups in total. The average molecular weight is 207 g/mol. The minimum atomic E-state index is 0.830. The van der Waals surface area contributed by atoms with E-state index in [1.54, 1.807) is 0 Å². The minimum absolute atomic E-state index is 0.830. The predicted octanol–water partition coefficient (Wildman–Crippen LogP) is 4.83. The van der Waals surface area contributed by atoms with Gasteiger partial charge in [0.25, 0.3) is 0 Å². The zero-order chi connectivity index (χ0) is 10.6. The molecule has 0 amide bonds. The van der Waals surface area contributed by atoms with Crippen molar-refractivity contribution in [1.29, 1.82) is 0 Å². The molecule has 2 rings (SSSR count). The van der Waals surface area contributed by atoms with Crippen LogP contribution in [0.3, 0.4) is 0 Å². The average Bonchev–Trinajstić information content (AvgIpc) is 2.23. The molecule has 14 heavy (non-hydrogen) atoms. The second-order valence-corrected chi connectivity index (χ2v) is 3.32. The van der Waals surface area contributed by atoms with E-state index in [1.807, 2.05) is 38.1 Å². The van der Waals surface area contributed by atoms with E-state index < -0.39 is 0 Å². The molecule has 0 unspecified atom stereocenters. The first kappa shape index (κ1) is 11.1. The van der Waals surface area contributed by atoms with Crippen molar-refractivity contribution in [1.82, 2.24) is 0 Å². The monoisotopic (exact) mass is 206 g/mol. The highest BCUT2D eigenvalue weighted by atomic mass is 35.5. The fourth-order valence-corrected chi connectivity index (χ4v) is 1.67. The van der Waals surface area contributed by atoms with Crippen molar-refractivity contribution < 1.29 is 0 Å². The van der Waals surface area contributed by atoms with Gasteiger partial charge in [-0.05, 0) is 23.9 Å². The van der Waals surface area contributed by atoms with Gasteiger partial charge < -0.3 is 0 Å². The van der Waals surface area contributed by atoms with Crippen LogP contribution in [0, 0.1) is 6.92 Å². The van der Waals surface area contributed by atoms with Gasteiger partial charge in [-0.2, -0.15) is 0 Å². The molecule has 1 heteroatoms. The van der Waals surface area contributed by atoms with Crippen molar-refractivity contribution in [3.05, 3.63) is 47.0 Å². The topological polar surface area (TPSA) is 0 Å². The Bertz CT molecular complexity index is 377. The SMILES string of the molecule is CC.Cc1cccc2c(Cl)cccc12. The van der Waals surface area contributed by atoms with Gasteiger partial charge in [0.2, 0.25) is 0 Å². The lowest BCUT2D eigenvalue weighted by atomic mass is 10.1. The lowest BCUT2D eigenvalue weighted by Crippen LogP contribution is -1.77. The quantitative estimate of drug-likeness (QED) is 0.579. The number of hydrogen-bond acceptors (Lipinski definition) is 0. The first-order chi connectivity index (χ1) is 6.79. The highest BCUT2D eigenvalue weighted by Crippen LogP contribution is 2.24. The summed E-state index contributed by atoms with van der Waals surface area (Å²) < 4.78 is 0. The first-order valence-corrected chi connectivity index (χ1v) is 5.30. The maximum Gasteiger partial charge on any atom is 0.0484 e. The molecule has 0 heterocycles. The Morgan fingerprint density at radius 1 is 0.857 bits per heavy atom. The lowest BCUT2D eigenvalue weighted by molar-refractivity contribution is 1.50. The number of fused-ring (bicyclic) bond motifs is 1. The highest BCUT2D eigenvalue weighted by molar-refractivity contribution is 6.35. The predicted molar refractivity (Wildman–Crippen MR) is 65.0 cm³/mol. The zero-order valence-corrected chi connectivity index (χ0v) is 9.60. The Balaban J connectivity index is 0.000000461. The number of hydrogen-bond donors (Lipinski definition) is 0. The molecule has 74 valence electrons. The molecule has 2 aromatic carbocycles. The second kappa shape index (κ2) is 5.02. The summed E-state index contributed by atoms with van der Waals surface area (Å²) >= 11 is 6.03. The second-order valence-electron chi connectivity index (χ2n) is 2.91. The third kappa shape index (κ3) is 2.08. The van der Waals surface area contributed by atoms with Crippen LogP contribution >= 0.6 is 11.6 Å². The third-order valence-electron chi connectivity index (χ3n) is 2.09. The summed E-state index contributed by atoms with van der Waals surface area (Å²) in [4.78, 5) is 0. The smallest absolute Gasteiger partial charge is 0.0484 e. The molecule has 2 aromatic rings. The molecule has 0 atom stereocenters. The van der Waals surface area contributed by atoms with Crippen LogP contribution in [0.25, 0.3) is 10.8 Å². The summed E-state index contributed by atoms with van der Waals surface area (Å²) in [7, 11) is 0. The molecule has 0 nitrogen and oxygen atoms in total. The van der Waals surface area contributed by atoms with Gasteiger partial charge in [0.1, 0.15) is 0 Å². The van der Waals surface area contributed by atoms with Crippen LogP contribution < -0.4 is 0 Å². The van der Waals surface area contributed by atoms with Crippen molar-refractivity contribution in [2.75, 3.05) is 0 Å². The molecular formula is C13H15Cl. The molecule has 0 saturated heterocycles. The van der Waals surface area contributed by atoms with Crippen LogP contribution in [-0.4, -0.2) is 0 Å². The van der Waals surface area contributed by atoms with Crippen LogP contribution in [-0.2, 0) is 0 Å². The van der Waals surface area contributed by atoms with Gasteiger partial charge >= 0.3 is 0 Å². The van der Waals surface area contributed by atoms with E-state index in [2.05, 4.69) is 19.1 Å². The van der Waals surface area contributed by atoms with E-state index in [4.69, 9.17) is 11.6 Å². The maximum absolute atomic E-state index is 6.03. The lowest BCUT2D eigenvalue weighted by Gasteiger charge is -2.02. The molecule has 0 aliphatic carbocycles. The summed E-state index contributed by atoms with van der Waals surface area (Å²) in [6.07, 6.45) is 0. The van der Waals surface area contributed by atoms with E-state index in [0.29, 0.717) is 0 Å². The van der Waals surface area contributed by atoms with Gasteiger partial charge in [0.15, 0.2) is 0 Å². The van der Waals surface area contributed by atoms with Crippen LogP contribution in [0.2, 0.25) is 5.02 Å². The molecular weight excluding hydrogens is 192 g/mol. The van der Waals surface area contributed by atoms with Crippen LogP contribution in [0.4, 0.5) is 0 Å². The number of benzene rings is 2. The Hall–Kier alpha value is -1.01. The normalized spacial score (nSPS) is 9.43. The van der Waals surface area contributed by atoms with Gasteiger partial charge in [0, 0.05) is 10.4 Å². The maximum atomic E-state index is 6.03. The Labute approximate surface area is 90.5 Å². The van der Waals surface area contributed by atoms with E-state index in [9.17, 15) is 0 Å². The summed E-state index contributed by atoms with van der Waals surface area (Å²) in [6.45, 7) is 6.10. The van der Waals surface area contributed by atoms with Crippen LogP contribution in [0.15, 0.2) is 36.4 Å². The van der Waals surface area contributed by atoms with E-state index in [1.165, 1.54) is 10.9 Å². The van der Waals surface area contributed by atoms with Gasteiger partial charge in [0.05, 0.1) is 0 Å². The van der Waals surface area contributed by atoms with Crippen molar-refractivity contribution >= 4 is 22.4 Å². The summed E-state index contributed by atoms with van der Waals surface area (Å²) in [5.41, 5.74) is 1.27. The fourth-order valence-electron chi connectivity index (χ4n) is 1.43. The number of halogens is 1. The van der Waals surface area contributed by atoms with E-state index in [0.717, 1.165) is 10.4 Å². The fraction of sp³-hybridized carbons (Fsp3) is 0.231. The van der Waals surface area contributed by atoms with Gasteiger partial charge in [-0.1, -0.05) is 55.8 Å². The minimum Gasteiger partial charge on any atom is -0.0837 e. The van der Waals surface area contributed by atoms with Gasteiger partial charge in [-0.15, -0.1) is 0 Å². The molecule has 0 aromatic heterocycles. The Morgan fingerprint density at radius 3 is 2.07 bits per heavy atom. The Morgan fingerprint density at radius 2 is 1.43 bits per heavy atom. The summed E-state index contributed by atoms with van der Waals surface area (Å²) in [6, 6.07) is 12.2. The van der Waals surface area contributed by atoms with Crippen LogP contribution in [0.1, 0.15) is 19.4 Å². The summed E-state index contributed by atoms with van der Waals surface area (Å²) in [5, 5.41) is 3.21. The van der Waals surface area contributed by atoms with Crippen molar-refractivity contribution in [3.8, 4) is 0 Å². The van der Waals surface area contributed by atoms with E-state index >= 15 is 0 Å². The molecule has 0 radical (unpaired) electrons. The zero-order valence-electron chi connectivity index (χ0n) is 8.84. The van der Waals surface area contributed by atoms with Crippen molar-refractivity contribution in [3.63, 3.8) is 0 Å². The van der Waals surface area contributed by atoms with Gasteiger partial charge in [-0.3, -0.25) is 0 Å². The highest BCUT2D eigenvalue weighted by Gasteiger charge is 1.98. The first-order valence-electron chi connectivity index (χ1n) is 4.93. The van der Waals surface area contributed by atoms with Crippen molar-refractivity contribution in [2.45, 2.75) is 20.8 Å². The molecule has 0 bridgehead atoms. The van der Waals surface area contributed by atoms with Crippen LogP contribution in [0.5, 0.6) is 0 Å².